The second-order valence-electron chi connectivity index (χ2n) is 6.46. The molecule has 4 aromatic rings. The standard InChI is InChI=1S/C21H16N2O6S/c1-29-18-10-16(24)12-6-2-4-8-14(12)21(18)23-22-20-15-9-5-3-7-13(15)19(11-17(20)25)30(26,27)28/h2-11,24-25H,1H3,(H,26,27,28)/b23-22+. The first kappa shape index (κ1) is 19.6. The third kappa shape index (κ3) is 3.30. The fourth-order valence-electron chi connectivity index (χ4n) is 3.31. The molecule has 0 aromatic heterocycles. The van der Waals surface area contributed by atoms with Crippen LogP contribution in [0.4, 0.5) is 11.4 Å². The summed E-state index contributed by atoms with van der Waals surface area (Å²) >= 11 is 0. The number of ether oxygens (including phenoxy) is 1. The highest BCUT2D eigenvalue weighted by Crippen LogP contribution is 2.44. The monoisotopic (exact) mass is 424 g/mol. The maximum atomic E-state index is 11.7. The number of rotatable bonds is 4. The summed E-state index contributed by atoms with van der Waals surface area (Å²) in [6, 6.07) is 15.6. The molecule has 0 fully saturated rings. The first-order valence-electron chi connectivity index (χ1n) is 8.74. The van der Waals surface area contributed by atoms with Gasteiger partial charge >= 0.3 is 0 Å². The van der Waals surface area contributed by atoms with Gasteiger partial charge in [0, 0.05) is 33.7 Å². The summed E-state index contributed by atoms with van der Waals surface area (Å²) in [7, 11) is -3.13. The molecule has 0 atom stereocenters. The van der Waals surface area contributed by atoms with Gasteiger partial charge in [-0.3, -0.25) is 4.55 Å². The van der Waals surface area contributed by atoms with Crippen LogP contribution in [0.1, 0.15) is 0 Å². The van der Waals surface area contributed by atoms with Crippen LogP contribution in [-0.4, -0.2) is 30.3 Å². The largest absolute Gasteiger partial charge is 0.507 e. The molecule has 0 heterocycles. The van der Waals surface area contributed by atoms with E-state index in [1.54, 1.807) is 42.5 Å². The quantitative estimate of drug-likeness (QED) is 0.310. The Hall–Kier alpha value is -3.69. The van der Waals surface area contributed by atoms with Crippen LogP contribution in [0.15, 0.2) is 75.8 Å². The second-order valence-corrected chi connectivity index (χ2v) is 7.85. The van der Waals surface area contributed by atoms with Crippen molar-refractivity contribution in [1.29, 1.82) is 0 Å². The molecule has 8 nitrogen and oxygen atoms in total. The highest BCUT2D eigenvalue weighted by molar-refractivity contribution is 7.86. The number of hydrogen-bond donors (Lipinski definition) is 3. The van der Waals surface area contributed by atoms with Gasteiger partial charge in [0.2, 0.25) is 0 Å². The van der Waals surface area contributed by atoms with Crippen molar-refractivity contribution in [1.82, 2.24) is 0 Å². The van der Waals surface area contributed by atoms with E-state index in [1.165, 1.54) is 19.2 Å². The minimum atomic E-state index is -4.56. The molecule has 152 valence electrons. The number of benzene rings is 4. The van der Waals surface area contributed by atoms with E-state index < -0.39 is 20.8 Å². The van der Waals surface area contributed by atoms with E-state index in [9.17, 15) is 23.2 Å². The minimum absolute atomic E-state index is 0.0206. The Bertz CT molecular complexity index is 1430. The molecule has 4 aromatic carbocycles. The zero-order valence-corrected chi connectivity index (χ0v) is 16.5. The molecule has 0 aliphatic rings. The molecular formula is C21H16N2O6S. The zero-order valence-electron chi connectivity index (χ0n) is 15.6. The van der Waals surface area contributed by atoms with Crippen LogP contribution < -0.4 is 4.74 Å². The van der Waals surface area contributed by atoms with Crippen LogP contribution in [0.2, 0.25) is 0 Å². The van der Waals surface area contributed by atoms with Crippen LogP contribution in [-0.2, 0) is 10.1 Å². The fourth-order valence-corrected chi connectivity index (χ4v) is 4.02. The average molecular weight is 424 g/mol. The lowest BCUT2D eigenvalue weighted by molar-refractivity contribution is 0.410. The van der Waals surface area contributed by atoms with Gasteiger partial charge in [0.25, 0.3) is 10.1 Å². The Kier molecular flexibility index (Phi) is 4.76. The molecule has 0 unspecified atom stereocenters. The molecule has 0 aliphatic heterocycles. The van der Waals surface area contributed by atoms with Crippen molar-refractivity contribution < 1.29 is 27.9 Å². The SMILES string of the molecule is COc1cc(O)c2ccccc2c1/N=N/c1c(O)cc(S(=O)(=O)O)c2ccccc12. The van der Waals surface area contributed by atoms with Gasteiger partial charge in [-0.25, -0.2) is 0 Å². The lowest BCUT2D eigenvalue weighted by atomic mass is 10.1. The van der Waals surface area contributed by atoms with E-state index in [-0.39, 0.29) is 28.0 Å². The number of phenolic OH excluding ortho intramolecular Hbond substituents is 2. The normalized spacial score (nSPS) is 12.1. The number of aromatic hydroxyl groups is 2. The highest BCUT2D eigenvalue weighted by Gasteiger charge is 2.20. The molecule has 9 heteroatoms. The number of hydrogen-bond acceptors (Lipinski definition) is 7. The summed E-state index contributed by atoms with van der Waals surface area (Å²) in [5.74, 6) is -0.173. The van der Waals surface area contributed by atoms with Gasteiger partial charge in [-0.1, -0.05) is 48.5 Å². The van der Waals surface area contributed by atoms with Crippen LogP contribution in [0.5, 0.6) is 17.2 Å². The average Bonchev–Trinajstić information content (AvgIpc) is 2.73. The van der Waals surface area contributed by atoms with Crippen molar-refractivity contribution in [2.45, 2.75) is 4.90 Å². The molecule has 0 saturated heterocycles. The summed E-state index contributed by atoms with van der Waals surface area (Å²) in [4.78, 5) is -0.429. The van der Waals surface area contributed by atoms with Crippen LogP contribution in [0, 0.1) is 0 Å². The summed E-state index contributed by atoms with van der Waals surface area (Å²) in [5, 5.41) is 30.6. The summed E-state index contributed by atoms with van der Waals surface area (Å²) in [5.41, 5.74) is 0.352. The first-order valence-corrected chi connectivity index (χ1v) is 10.2. The van der Waals surface area contributed by atoms with Gasteiger partial charge in [-0.05, 0) is 0 Å². The molecule has 0 bridgehead atoms. The van der Waals surface area contributed by atoms with Crippen molar-refractivity contribution in [3.8, 4) is 17.2 Å². The topological polar surface area (TPSA) is 129 Å². The third-order valence-electron chi connectivity index (χ3n) is 4.67. The molecule has 0 radical (unpaired) electrons. The Labute approximate surface area is 171 Å². The van der Waals surface area contributed by atoms with Crippen LogP contribution >= 0.6 is 0 Å². The number of fused-ring (bicyclic) bond motifs is 2. The van der Waals surface area contributed by atoms with Gasteiger partial charge < -0.3 is 14.9 Å². The van der Waals surface area contributed by atoms with Gasteiger partial charge in [0.05, 0.1) is 7.11 Å². The van der Waals surface area contributed by atoms with Gasteiger partial charge in [-0.15, -0.1) is 10.2 Å². The highest BCUT2D eigenvalue weighted by atomic mass is 32.2. The van der Waals surface area contributed by atoms with Gasteiger partial charge in [-0.2, -0.15) is 8.42 Å². The van der Waals surface area contributed by atoms with Crippen molar-refractivity contribution in [2.75, 3.05) is 7.11 Å². The molecule has 0 spiro atoms. The Morgan fingerprint density at radius 3 is 1.90 bits per heavy atom. The molecule has 4 rings (SSSR count). The molecule has 3 N–H and O–H groups in total. The Balaban J connectivity index is 1.97. The lowest BCUT2D eigenvalue weighted by Crippen LogP contribution is -1.99. The molecular weight excluding hydrogens is 408 g/mol. The third-order valence-corrected chi connectivity index (χ3v) is 5.56. The number of phenols is 2. The molecule has 0 saturated carbocycles. The fraction of sp³-hybridized carbons (Fsp3) is 0.0476. The maximum Gasteiger partial charge on any atom is 0.295 e. The molecule has 0 aliphatic carbocycles. The molecule has 0 amide bonds. The Morgan fingerprint density at radius 1 is 0.767 bits per heavy atom. The summed E-state index contributed by atoms with van der Waals surface area (Å²) in [6.45, 7) is 0. The molecule has 30 heavy (non-hydrogen) atoms. The first-order chi connectivity index (χ1) is 14.3. The minimum Gasteiger partial charge on any atom is -0.507 e. The van der Waals surface area contributed by atoms with E-state index >= 15 is 0 Å². The zero-order chi connectivity index (χ0) is 21.5. The van der Waals surface area contributed by atoms with Gasteiger partial charge in [0.1, 0.15) is 27.8 Å². The predicted molar refractivity (Wildman–Crippen MR) is 112 cm³/mol. The van der Waals surface area contributed by atoms with Crippen LogP contribution in [0.3, 0.4) is 0 Å². The number of methoxy groups -OCH3 is 1. The summed E-state index contributed by atoms with van der Waals surface area (Å²) < 4.78 is 38.2. The Morgan fingerprint density at radius 2 is 1.30 bits per heavy atom. The maximum absolute atomic E-state index is 11.7. The van der Waals surface area contributed by atoms with E-state index in [0.29, 0.717) is 16.5 Å². The van der Waals surface area contributed by atoms with Crippen molar-refractivity contribution in [2.24, 2.45) is 10.2 Å². The number of nitrogens with zero attached hydrogens (tertiary/aromatic N) is 2. The predicted octanol–water partition coefficient (Wildman–Crippen LogP) is 5.07. The van der Waals surface area contributed by atoms with Crippen molar-refractivity contribution in [3.63, 3.8) is 0 Å². The van der Waals surface area contributed by atoms with Crippen LogP contribution in [0.25, 0.3) is 21.5 Å². The van der Waals surface area contributed by atoms with E-state index in [4.69, 9.17) is 4.74 Å². The summed E-state index contributed by atoms with van der Waals surface area (Å²) in [6.07, 6.45) is 0. The number of azo groups is 1. The van der Waals surface area contributed by atoms with Crippen molar-refractivity contribution in [3.05, 3.63) is 60.7 Å². The lowest BCUT2D eigenvalue weighted by Gasteiger charge is -2.11. The smallest absolute Gasteiger partial charge is 0.295 e. The van der Waals surface area contributed by atoms with Crippen molar-refractivity contribution >= 4 is 43.0 Å². The van der Waals surface area contributed by atoms with E-state index in [1.807, 2.05) is 0 Å². The van der Waals surface area contributed by atoms with Gasteiger partial charge in [0.15, 0.2) is 5.75 Å². The van der Waals surface area contributed by atoms with E-state index in [2.05, 4.69) is 10.2 Å². The van der Waals surface area contributed by atoms with E-state index in [0.717, 1.165) is 6.07 Å². The second kappa shape index (κ2) is 7.29.